The summed E-state index contributed by atoms with van der Waals surface area (Å²) < 4.78 is 13.4. The van der Waals surface area contributed by atoms with E-state index in [0.717, 1.165) is 19.6 Å². The molecule has 0 bridgehead atoms. The quantitative estimate of drug-likeness (QED) is 0.865. The fourth-order valence-electron chi connectivity index (χ4n) is 2.18. The highest BCUT2D eigenvalue weighted by Gasteiger charge is 2.12. The first kappa shape index (κ1) is 12.8. The van der Waals surface area contributed by atoms with Crippen molar-refractivity contribution in [3.8, 4) is 0 Å². The Morgan fingerprint density at radius 2 is 2.12 bits per heavy atom. The molecule has 0 radical (unpaired) electrons. The molecule has 4 heteroatoms. The van der Waals surface area contributed by atoms with E-state index in [1.165, 1.54) is 18.9 Å². The van der Waals surface area contributed by atoms with Crippen molar-refractivity contribution < 1.29 is 4.39 Å². The average molecular weight is 257 g/mol. The fraction of sp³-hybridized carbons (Fsp3) is 0.538. The molecular weight excluding hydrogens is 239 g/mol. The molecule has 0 aromatic heterocycles. The van der Waals surface area contributed by atoms with Crippen LogP contribution < -0.4 is 10.6 Å². The topological polar surface area (TPSA) is 24.1 Å². The first-order valence-corrected chi connectivity index (χ1v) is 6.49. The summed E-state index contributed by atoms with van der Waals surface area (Å²) in [6.07, 6.45) is 2.40. The van der Waals surface area contributed by atoms with E-state index >= 15 is 0 Å². The third kappa shape index (κ3) is 3.95. The van der Waals surface area contributed by atoms with Gasteiger partial charge < -0.3 is 10.6 Å². The van der Waals surface area contributed by atoms with Crippen LogP contribution in [0.1, 0.15) is 18.4 Å². The Bertz CT molecular complexity index is 364. The zero-order valence-corrected chi connectivity index (χ0v) is 10.6. The Hall–Kier alpha value is -0.640. The van der Waals surface area contributed by atoms with Gasteiger partial charge in [-0.2, -0.15) is 0 Å². The molecule has 1 saturated heterocycles. The van der Waals surface area contributed by atoms with Crippen LogP contribution in [-0.4, -0.2) is 19.6 Å². The molecule has 0 spiro atoms. The van der Waals surface area contributed by atoms with Crippen LogP contribution in [0.3, 0.4) is 0 Å². The predicted octanol–water partition coefficient (Wildman–Crippen LogP) is 2.57. The Labute approximate surface area is 107 Å². The molecule has 1 aliphatic heterocycles. The van der Waals surface area contributed by atoms with E-state index in [9.17, 15) is 4.39 Å². The van der Waals surface area contributed by atoms with Crippen molar-refractivity contribution in [3.05, 3.63) is 34.6 Å². The van der Waals surface area contributed by atoms with Crippen LogP contribution in [0.25, 0.3) is 0 Å². The smallest absolute Gasteiger partial charge is 0.127 e. The normalized spacial score (nSPS) is 17.3. The lowest BCUT2D eigenvalue weighted by atomic mass is 9.98. The van der Waals surface area contributed by atoms with Gasteiger partial charge in [0.25, 0.3) is 0 Å². The monoisotopic (exact) mass is 256 g/mol. The molecule has 1 heterocycles. The largest absolute Gasteiger partial charge is 0.317 e. The van der Waals surface area contributed by atoms with Gasteiger partial charge in [-0.15, -0.1) is 0 Å². The molecule has 0 atom stereocenters. The molecule has 2 N–H and O–H groups in total. The first-order chi connectivity index (χ1) is 8.25. The molecule has 0 unspecified atom stereocenters. The molecule has 2 nitrogen and oxygen atoms in total. The molecule has 1 aromatic rings. The van der Waals surface area contributed by atoms with Crippen LogP contribution in [0.4, 0.5) is 4.39 Å². The molecule has 1 aromatic carbocycles. The molecule has 1 fully saturated rings. The van der Waals surface area contributed by atoms with Crippen molar-refractivity contribution in [2.75, 3.05) is 19.6 Å². The van der Waals surface area contributed by atoms with Crippen molar-refractivity contribution in [1.82, 2.24) is 10.6 Å². The van der Waals surface area contributed by atoms with Crippen LogP contribution in [0.2, 0.25) is 5.02 Å². The lowest BCUT2D eigenvalue weighted by Crippen LogP contribution is -2.33. The summed E-state index contributed by atoms with van der Waals surface area (Å²) in [6, 6.07) is 4.68. The lowest BCUT2D eigenvalue weighted by Gasteiger charge is -2.22. The highest BCUT2D eigenvalue weighted by Crippen LogP contribution is 2.15. The van der Waals surface area contributed by atoms with Crippen molar-refractivity contribution in [3.63, 3.8) is 0 Å². The fourth-order valence-corrected chi connectivity index (χ4v) is 2.37. The second-order valence-electron chi connectivity index (χ2n) is 4.56. The lowest BCUT2D eigenvalue weighted by molar-refractivity contribution is 0.355. The van der Waals surface area contributed by atoms with Gasteiger partial charge in [0.15, 0.2) is 0 Å². The van der Waals surface area contributed by atoms with E-state index < -0.39 is 0 Å². The molecule has 2 rings (SSSR count). The Kier molecular flexibility index (Phi) is 4.77. The van der Waals surface area contributed by atoms with Crippen LogP contribution in [0, 0.1) is 11.7 Å². The number of rotatable bonds is 4. The van der Waals surface area contributed by atoms with Gasteiger partial charge in [-0.1, -0.05) is 11.6 Å². The third-order valence-electron chi connectivity index (χ3n) is 3.21. The summed E-state index contributed by atoms with van der Waals surface area (Å²) in [6.45, 7) is 3.69. The minimum atomic E-state index is -0.188. The molecule has 1 aliphatic rings. The van der Waals surface area contributed by atoms with E-state index in [0.29, 0.717) is 23.0 Å². The zero-order valence-electron chi connectivity index (χ0n) is 9.81. The number of halogens is 2. The van der Waals surface area contributed by atoms with Gasteiger partial charge in [0.05, 0.1) is 0 Å². The zero-order chi connectivity index (χ0) is 12.1. The second kappa shape index (κ2) is 6.34. The third-order valence-corrected chi connectivity index (χ3v) is 3.45. The maximum atomic E-state index is 13.4. The molecule has 0 aliphatic carbocycles. The van der Waals surface area contributed by atoms with Crippen LogP contribution in [-0.2, 0) is 6.54 Å². The van der Waals surface area contributed by atoms with Gasteiger partial charge in [-0.25, -0.2) is 4.39 Å². The predicted molar refractivity (Wildman–Crippen MR) is 68.7 cm³/mol. The summed E-state index contributed by atoms with van der Waals surface area (Å²) >= 11 is 5.84. The van der Waals surface area contributed by atoms with Gasteiger partial charge in [0.1, 0.15) is 5.82 Å². The highest BCUT2D eigenvalue weighted by atomic mass is 35.5. The highest BCUT2D eigenvalue weighted by molar-refractivity contribution is 6.30. The second-order valence-corrected chi connectivity index (χ2v) is 5.00. The summed E-state index contributed by atoms with van der Waals surface area (Å²) in [4.78, 5) is 0. The Morgan fingerprint density at radius 3 is 2.88 bits per heavy atom. The van der Waals surface area contributed by atoms with Crippen molar-refractivity contribution >= 4 is 11.6 Å². The summed E-state index contributed by atoms with van der Waals surface area (Å²) in [5.41, 5.74) is 0.645. The minimum Gasteiger partial charge on any atom is -0.317 e. The van der Waals surface area contributed by atoms with E-state index in [1.807, 2.05) is 0 Å². The number of benzene rings is 1. The van der Waals surface area contributed by atoms with Gasteiger partial charge in [0, 0.05) is 17.1 Å². The summed E-state index contributed by atoms with van der Waals surface area (Å²) in [7, 11) is 0. The first-order valence-electron chi connectivity index (χ1n) is 6.11. The Morgan fingerprint density at radius 1 is 1.35 bits per heavy atom. The van der Waals surface area contributed by atoms with Gasteiger partial charge in [0.2, 0.25) is 0 Å². The number of hydrogen-bond donors (Lipinski definition) is 2. The van der Waals surface area contributed by atoms with Gasteiger partial charge in [-0.3, -0.25) is 0 Å². The molecular formula is C13H18ClFN2. The standard InChI is InChI=1S/C13H18ClFN2/c14-12-1-2-13(15)11(7-12)9-17-8-10-3-5-16-6-4-10/h1-2,7,10,16-17H,3-6,8-9H2. The van der Waals surface area contributed by atoms with E-state index in [2.05, 4.69) is 10.6 Å². The van der Waals surface area contributed by atoms with Crippen LogP contribution in [0.5, 0.6) is 0 Å². The maximum absolute atomic E-state index is 13.4. The molecule has 17 heavy (non-hydrogen) atoms. The van der Waals surface area contributed by atoms with E-state index in [1.54, 1.807) is 12.1 Å². The number of hydrogen-bond acceptors (Lipinski definition) is 2. The number of piperidine rings is 1. The molecule has 94 valence electrons. The van der Waals surface area contributed by atoms with Crippen molar-refractivity contribution in [2.24, 2.45) is 5.92 Å². The van der Waals surface area contributed by atoms with E-state index in [-0.39, 0.29) is 5.82 Å². The van der Waals surface area contributed by atoms with E-state index in [4.69, 9.17) is 11.6 Å². The average Bonchev–Trinajstić information content (AvgIpc) is 2.35. The van der Waals surface area contributed by atoms with Crippen LogP contribution in [0.15, 0.2) is 18.2 Å². The number of nitrogens with one attached hydrogen (secondary N) is 2. The maximum Gasteiger partial charge on any atom is 0.127 e. The van der Waals surface area contributed by atoms with Crippen molar-refractivity contribution in [1.29, 1.82) is 0 Å². The van der Waals surface area contributed by atoms with Gasteiger partial charge in [-0.05, 0) is 56.6 Å². The summed E-state index contributed by atoms with van der Waals surface area (Å²) in [5, 5.41) is 7.24. The minimum absolute atomic E-state index is 0.188. The molecule has 0 amide bonds. The molecule has 0 saturated carbocycles. The SMILES string of the molecule is Fc1ccc(Cl)cc1CNCC1CCNCC1. The summed E-state index contributed by atoms with van der Waals surface area (Å²) in [5.74, 6) is 0.519. The Balaban J connectivity index is 1.79. The van der Waals surface area contributed by atoms with Gasteiger partial charge >= 0.3 is 0 Å². The van der Waals surface area contributed by atoms with Crippen molar-refractivity contribution in [2.45, 2.75) is 19.4 Å². The van der Waals surface area contributed by atoms with Crippen LogP contribution >= 0.6 is 11.6 Å².